The topological polar surface area (TPSA) is 55.4 Å². The summed E-state index contributed by atoms with van der Waals surface area (Å²) in [4.78, 5) is 22.6. The molecule has 2 amide bonds. The molecule has 1 fully saturated rings. The molecular weight excluding hydrogens is 230 g/mol. The summed E-state index contributed by atoms with van der Waals surface area (Å²) in [6, 6.07) is 7.61. The molecule has 0 aliphatic carbocycles. The highest BCUT2D eigenvalue weighted by Gasteiger charge is 2.25. The van der Waals surface area contributed by atoms with Crippen molar-refractivity contribution in [2.24, 2.45) is 0 Å². The van der Waals surface area contributed by atoms with Gasteiger partial charge in [-0.05, 0) is 31.5 Å². The molecule has 1 saturated heterocycles. The molecule has 4 nitrogen and oxygen atoms in total. The van der Waals surface area contributed by atoms with E-state index in [1.807, 2.05) is 38.1 Å². The van der Waals surface area contributed by atoms with Crippen LogP contribution in [0, 0.1) is 0 Å². The van der Waals surface area contributed by atoms with Crippen LogP contribution in [0.4, 0.5) is 0 Å². The summed E-state index contributed by atoms with van der Waals surface area (Å²) in [6.07, 6.45) is 0.879. The van der Waals surface area contributed by atoms with E-state index >= 15 is 0 Å². The quantitative estimate of drug-likeness (QED) is 0.831. The van der Waals surface area contributed by atoms with Crippen LogP contribution in [-0.2, 0) is 9.59 Å². The fourth-order valence-corrected chi connectivity index (χ4v) is 2.10. The van der Waals surface area contributed by atoms with Crippen LogP contribution in [0.2, 0.25) is 0 Å². The van der Waals surface area contributed by atoms with Crippen molar-refractivity contribution in [3.05, 3.63) is 29.8 Å². The van der Waals surface area contributed by atoms with Gasteiger partial charge < -0.3 is 4.74 Å². The third-order valence-electron chi connectivity index (χ3n) is 2.87. The number of rotatable bonds is 3. The van der Waals surface area contributed by atoms with E-state index in [0.717, 1.165) is 11.3 Å². The Morgan fingerprint density at radius 3 is 2.17 bits per heavy atom. The highest BCUT2D eigenvalue weighted by Crippen LogP contribution is 2.27. The summed E-state index contributed by atoms with van der Waals surface area (Å²) >= 11 is 0. The van der Waals surface area contributed by atoms with Gasteiger partial charge >= 0.3 is 0 Å². The molecule has 1 aliphatic rings. The zero-order valence-corrected chi connectivity index (χ0v) is 10.6. The number of ether oxygens (including phenoxy) is 1. The van der Waals surface area contributed by atoms with Gasteiger partial charge in [-0.2, -0.15) is 0 Å². The van der Waals surface area contributed by atoms with Gasteiger partial charge in [-0.1, -0.05) is 12.1 Å². The average molecular weight is 247 g/mol. The second-order valence-electron chi connectivity index (χ2n) is 4.81. The average Bonchev–Trinajstić information content (AvgIpc) is 2.27. The molecule has 0 saturated carbocycles. The Morgan fingerprint density at radius 1 is 1.11 bits per heavy atom. The molecule has 1 N–H and O–H groups in total. The van der Waals surface area contributed by atoms with Crippen molar-refractivity contribution in [3.63, 3.8) is 0 Å². The number of benzene rings is 1. The fraction of sp³-hybridized carbons (Fsp3) is 0.429. The third-order valence-corrected chi connectivity index (χ3v) is 2.87. The van der Waals surface area contributed by atoms with Gasteiger partial charge in [0, 0.05) is 18.8 Å². The van der Waals surface area contributed by atoms with Crippen LogP contribution in [0.15, 0.2) is 24.3 Å². The van der Waals surface area contributed by atoms with E-state index in [1.54, 1.807) is 0 Å². The van der Waals surface area contributed by atoms with Crippen molar-refractivity contribution in [1.29, 1.82) is 0 Å². The van der Waals surface area contributed by atoms with Gasteiger partial charge in [0.25, 0.3) is 0 Å². The first kappa shape index (κ1) is 12.6. The van der Waals surface area contributed by atoms with Crippen LogP contribution >= 0.6 is 0 Å². The molecule has 0 spiro atoms. The summed E-state index contributed by atoms with van der Waals surface area (Å²) in [5.74, 6) is 0.400. The highest BCUT2D eigenvalue weighted by molar-refractivity contribution is 5.98. The predicted molar refractivity (Wildman–Crippen MR) is 67.3 cm³/mol. The molecule has 1 aromatic carbocycles. The first-order chi connectivity index (χ1) is 8.54. The summed E-state index contributed by atoms with van der Waals surface area (Å²) in [6.45, 7) is 3.94. The molecule has 0 bridgehead atoms. The lowest BCUT2D eigenvalue weighted by Crippen LogP contribution is -2.37. The molecule has 0 aromatic heterocycles. The smallest absolute Gasteiger partial charge is 0.227 e. The predicted octanol–water partition coefficient (Wildman–Crippen LogP) is 1.99. The van der Waals surface area contributed by atoms with E-state index in [4.69, 9.17) is 4.74 Å². The van der Waals surface area contributed by atoms with Gasteiger partial charge in [-0.15, -0.1) is 0 Å². The lowest BCUT2D eigenvalue weighted by molar-refractivity contribution is -0.133. The van der Waals surface area contributed by atoms with E-state index in [0.29, 0.717) is 12.8 Å². The second-order valence-corrected chi connectivity index (χ2v) is 4.81. The summed E-state index contributed by atoms with van der Waals surface area (Å²) in [5, 5.41) is 2.31. The van der Waals surface area contributed by atoms with Gasteiger partial charge in [-0.3, -0.25) is 14.9 Å². The van der Waals surface area contributed by atoms with Crippen molar-refractivity contribution in [1.82, 2.24) is 5.32 Å². The molecule has 1 heterocycles. The van der Waals surface area contributed by atoms with Gasteiger partial charge in [0.15, 0.2) is 0 Å². The zero-order chi connectivity index (χ0) is 13.1. The van der Waals surface area contributed by atoms with Crippen molar-refractivity contribution in [3.8, 4) is 5.75 Å². The summed E-state index contributed by atoms with van der Waals surface area (Å²) in [5.41, 5.74) is 1.01. The first-order valence-corrected chi connectivity index (χ1v) is 6.14. The largest absolute Gasteiger partial charge is 0.491 e. The van der Waals surface area contributed by atoms with Gasteiger partial charge in [0.1, 0.15) is 5.75 Å². The SMILES string of the molecule is CC(C)Oc1ccc(C2CC(=O)NC(=O)C2)cc1. The van der Waals surface area contributed by atoms with E-state index in [1.165, 1.54) is 0 Å². The third kappa shape index (κ3) is 3.09. The molecule has 0 radical (unpaired) electrons. The van der Waals surface area contributed by atoms with Crippen LogP contribution in [0.1, 0.15) is 38.2 Å². The standard InChI is InChI=1S/C14H17NO3/c1-9(2)18-12-5-3-10(4-6-12)11-7-13(16)15-14(17)8-11/h3-6,9,11H,7-8H2,1-2H3,(H,15,16,17). The maximum Gasteiger partial charge on any atom is 0.227 e. The molecule has 18 heavy (non-hydrogen) atoms. The number of hydrogen-bond donors (Lipinski definition) is 1. The molecule has 4 heteroatoms. The van der Waals surface area contributed by atoms with E-state index in [2.05, 4.69) is 5.32 Å². The minimum Gasteiger partial charge on any atom is -0.491 e. The number of piperidine rings is 1. The Bertz CT molecular complexity index is 435. The van der Waals surface area contributed by atoms with Gasteiger partial charge in [0.2, 0.25) is 11.8 Å². The van der Waals surface area contributed by atoms with Crippen LogP contribution in [-0.4, -0.2) is 17.9 Å². The fourth-order valence-electron chi connectivity index (χ4n) is 2.10. The zero-order valence-electron chi connectivity index (χ0n) is 10.6. The summed E-state index contributed by atoms with van der Waals surface area (Å²) < 4.78 is 5.55. The Labute approximate surface area is 106 Å². The monoisotopic (exact) mass is 247 g/mol. The van der Waals surface area contributed by atoms with E-state index in [-0.39, 0.29) is 23.8 Å². The van der Waals surface area contributed by atoms with Crippen molar-refractivity contribution < 1.29 is 14.3 Å². The second kappa shape index (κ2) is 5.21. The Balaban J connectivity index is 2.09. The van der Waals surface area contributed by atoms with Crippen LogP contribution in [0.25, 0.3) is 0 Å². The number of hydrogen-bond acceptors (Lipinski definition) is 3. The Hall–Kier alpha value is -1.84. The lowest BCUT2D eigenvalue weighted by Gasteiger charge is -2.21. The normalized spacial score (nSPS) is 16.8. The molecular formula is C14H17NO3. The van der Waals surface area contributed by atoms with Gasteiger partial charge in [0.05, 0.1) is 6.10 Å². The molecule has 96 valence electrons. The van der Waals surface area contributed by atoms with Crippen LogP contribution < -0.4 is 10.1 Å². The maximum absolute atomic E-state index is 11.3. The minimum absolute atomic E-state index is 0.0145. The van der Waals surface area contributed by atoms with Crippen LogP contribution in [0.5, 0.6) is 5.75 Å². The molecule has 0 atom stereocenters. The van der Waals surface area contributed by atoms with Crippen LogP contribution in [0.3, 0.4) is 0 Å². The first-order valence-electron chi connectivity index (χ1n) is 6.14. The molecule has 2 rings (SSSR count). The van der Waals surface area contributed by atoms with E-state index < -0.39 is 0 Å². The number of carbonyl (C=O) groups excluding carboxylic acids is 2. The lowest BCUT2D eigenvalue weighted by atomic mass is 9.89. The van der Waals surface area contributed by atoms with E-state index in [9.17, 15) is 9.59 Å². The van der Waals surface area contributed by atoms with Crippen molar-refractivity contribution in [2.45, 2.75) is 38.7 Å². The highest BCUT2D eigenvalue weighted by atomic mass is 16.5. The maximum atomic E-state index is 11.3. The summed E-state index contributed by atoms with van der Waals surface area (Å²) in [7, 11) is 0. The number of nitrogens with one attached hydrogen (secondary N) is 1. The molecule has 1 aromatic rings. The number of amides is 2. The van der Waals surface area contributed by atoms with Crippen molar-refractivity contribution >= 4 is 11.8 Å². The molecule has 0 unspecified atom stereocenters. The Morgan fingerprint density at radius 2 is 1.67 bits per heavy atom. The number of carbonyl (C=O) groups is 2. The molecule has 1 aliphatic heterocycles. The minimum atomic E-state index is -0.196. The van der Waals surface area contributed by atoms with Gasteiger partial charge in [-0.25, -0.2) is 0 Å². The number of imide groups is 1. The Kier molecular flexibility index (Phi) is 3.65. The van der Waals surface area contributed by atoms with Crippen molar-refractivity contribution in [2.75, 3.05) is 0 Å².